The number of hydrogen-bond donors (Lipinski definition) is 1. The van der Waals surface area contributed by atoms with Crippen molar-refractivity contribution < 1.29 is 5.11 Å². The molecule has 11 aromatic rings. The second kappa shape index (κ2) is 18.3. The molecule has 0 fully saturated rings. The molecular formula is C72H68N4OS. The zero-order valence-electron chi connectivity index (χ0n) is 47.3. The zero-order valence-corrected chi connectivity index (χ0v) is 48.1. The fraction of sp³-hybridized carbons (Fsp3) is 0.236. The lowest BCUT2D eigenvalue weighted by atomic mass is 9.79. The molecular weight excluding hydrogens is 969 g/mol. The van der Waals surface area contributed by atoms with Crippen LogP contribution < -0.4 is 0 Å². The van der Waals surface area contributed by atoms with Crippen molar-refractivity contribution in [2.75, 3.05) is 0 Å². The Kier molecular flexibility index (Phi) is 12.0. The molecule has 0 radical (unpaired) electrons. The van der Waals surface area contributed by atoms with Crippen LogP contribution in [0.3, 0.4) is 0 Å². The Morgan fingerprint density at radius 2 is 0.974 bits per heavy atom. The van der Waals surface area contributed by atoms with Gasteiger partial charge in [0, 0.05) is 43.6 Å². The van der Waals surface area contributed by atoms with Gasteiger partial charge in [0.05, 0.1) is 32.7 Å². The van der Waals surface area contributed by atoms with Gasteiger partial charge in [-0.25, -0.2) is 4.98 Å². The van der Waals surface area contributed by atoms with Gasteiger partial charge in [0.15, 0.2) is 0 Å². The first kappa shape index (κ1) is 50.9. The van der Waals surface area contributed by atoms with Crippen LogP contribution in [0, 0.1) is 6.92 Å². The predicted molar refractivity (Wildman–Crippen MR) is 330 cm³/mol. The first-order chi connectivity index (χ1) is 37.1. The van der Waals surface area contributed by atoms with Gasteiger partial charge < -0.3 is 5.11 Å². The Hall–Kier alpha value is -7.93. The van der Waals surface area contributed by atoms with Gasteiger partial charge in [-0.1, -0.05) is 217 Å². The van der Waals surface area contributed by atoms with Gasteiger partial charge in [0.1, 0.15) is 17.3 Å². The molecule has 0 atom stereocenters. The highest BCUT2D eigenvalue weighted by molar-refractivity contribution is 7.23. The summed E-state index contributed by atoms with van der Waals surface area (Å²) in [5.41, 5.74) is 22.5. The molecule has 1 N–H and O–H groups in total. The molecule has 0 saturated carbocycles. The van der Waals surface area contributed by atoms with Crippen molar-refractivity contribution in [3.8, 4) is 100 Å². The highest BCUT2D eigenvalue weighted by Gasteiger charge is 2.32. The standard InChI is InChI=1S/C72H68N4OS/c1-42-61-62-54-30-21-19-28-52(54)50-26-17-18-27-51(50)53-29-20-22-31-55(53)66(62)78-67(61)63(75-74-42)45-36-44(37-47(38-45)70(5,6)7)49-32-23-33-60-64(49)73-68(57-40-48(71(8,9)10)41-58(65(57)77)72(11,12)13)76(60)59-35-34-46(69(2,3)4)39-56(59)43-24-15-14-16-25-43/h14-41,77H,1-13H3. The third-order valence-electron chi connectivity index (χ3n) is 15.9. The molecule has 388 valence electrons. The van der Waals surface area contributed by atoms with Crippen LogP contribution in [-0.4, -0.2) is 24.9 Å². The van der Waals surface area contributed by atoms with Gasteiger partial charge >= 0.3 is 0 Å². The van der Waals surface area contributed by atoms with Crippen molar-refractivity contribution in [2.24, 2.45) is 0 Å². The Morgan fingerprint density at radius 1 is 0.436 bits per heavy atom. The molecule has 6 heteroatoms. The normalized spacial score (nSPS) is 12.7. The summed E-state index contributed by atoms with van der Waals surface area (Å²) in [6, 6.07) is 62.0. The fourth-order valence-electron chi connectivity index (χ4n) is 11.6. The van der Waals surface area contributed by atoms with Crippen molar-refractivity contribution in [1.29, 1.82) is 0 Å². The second-order valence-corrected chi connectivity index (χ2v) is 26.6. The van der Waals surface area contributed by atoms with E-state index in [2.05, 4.69) is 264 Å². The van der Waals surface area contributed by atoms with E-state index in [1.165, 1.54) is 54.9 Å². The topological polar surface area (TPSA) is 63.8 Å². The van der Waals surface area contributed by atoms with Crippen molar-refractivity contribution >= 4 is 32.5 Å². The molecule has 1 aliphatic carbocycles. The van der Waals surface area contributed by atoms with E-state index in [0.29, 0.717) is 11.4 Å². The maximum atomic E-state index is 12.8. The highest BCUT2D eigenvalue weighted by atomic mass is 32.1. The maximum Gasteiger partial charge on any atom is 0.149 e. The average Bonchev–Trinajstić information content (AvgIpc) is 4.23. The second-order valence-electron chi connectivity index (χ2n) is 25.5. The van der Waals surface area contributed by atoms with Crippen LogP contribution in [0.25, 0.3) is 116 Å². The van der Waals surface area contributed by atoms with E-state index in [1.807, 2.05) is 11.3 Å². The molecule has 0 aliphatic heterocycles. The molecule has 8 aromatic carbocycles. The summed E-state index contributed by atoms with van der Waals surface area (Å²) < 4.78 is 3.42. The van der Waals surface area contributed by atoms with Gasteiger partial charge in [-0.2, -0.15) is 5.10 Å². The Balaban J connectivity index is 1.15. The van der Waals surface area contributed by atoms with Crippen molar-refractivity contribution in [3.05, 3.63) is 198 Å². The van der Waals surface area contributed by atoms with E-state index in [4.69, 9.17) is 15.2 Å². The van der Waals surface area contributed by atoms with Gasteiger partial charge in [0.2, 0.25) is 0 Å². The first-order valence-electron chi connectivity index (χ1n) is 27.4. The van der Waals surface area contributed by atoms with Crippen LogP contribution in [0.15, 0.2) is 170 Å². The van der Waals surface area contributed by atoms with E-state index in [9.17, 15) is 5.11 Å². The number of thiophene rings is 1. The first-order valence-corrected chi connectivity index (χ1v) is 28.2. The van der Waals surface area contributed by atoms with Gasteiger partial charge in [-0.15, -0.1) is 16.4 Å². The number of para-hydroxylation sites is 1. The summed E-state index contributed by atoms with van der Waals surface area (Å²) in [6.45, 7) is 29.0. The number of nitrogens with zero attached hydrogens (tertiary/aromatic N) is 4. The lowest BCUT2D eigenvalue weighted by Crippen LogP contribution is -2.17. The summed E-state index contributed by atoms with van der Waals surface area (Å²) in [6.07, 6.45) is 0. The summed E-state index contributed by atoms with van der Waals surface area (Å²) in [7, 11) is 0. The predicted octanol–water partition coefficient (Wildman–Crippen LogP) is 19.9. The van der Waals surface area contributed by atoms with Crippen molar-refractivity contribution in [2.45, 2.75) is 112 Å². The summed E-state index contributed by atoms with van der Waals surface area (Å²) >= 11 is 1.82. The largest absolute Gasteiger partial charge is 0.507 e. The van der Waals surface area contributed by atoms with Crippen molar-refractivity contribution in [1.82, 2.24) is 19.7 Å². The van der Waals surface area contributed by atoms with Gasteiger partial charge in [0.25, 0.3) is 0 Å². The number of fused-ring (bicyclic) bond motifs is 11. The van der Waals surface area contributed by atoms with Crippen LogP contribution in [0.1, 0.15) is 111 Å². The number of aryl methyl sites for hydroxylation is 1. The van der Waals surface area contributed by atoms with E-state index >= 15 is 0 Å². The number of aromatic hydroxyl groups is 1. The average molecular weight is 1040 g/mol. The Bertz CT molecular complexity index is 4200. The minimum absolute atomic E-state index is 0.0962. The van der Waals surface area contributed by atoms with E-state index < -0.39 is 0 Å². The molecule has 78 heavy (non-hydrogen) atoms. The summed E-state index contributed by atoms with van der Waals surface area (Å²) in [5.74, 6) is 0.934. The zero-order chi connectivity index (χ0) is 54.8. The SMILES string of the molecule is Cc1nnc(-c2cc(-c3cccc4c3nc(-c3cc(C(C)(C)C)cc(C(C)(C)C)c3O)n4-c3ccc(C(C)(C)C)cc3-c3ccccc3)cc(C(C)(C)C)c2)c2sc3c(c12)-c1ccccc1-c1ccccc1-c1ccccc1-3. The molecule has 12 rings (SSSR count). The van der Waals surface area contributed by atoms with E-state index in [1.54, 1.807) is 0 Å². The molecule has 3 heterocycles. The molecule has 0 saturated heterocycles. The maximum absolute atomic E-state index is 12.8. The molecule has 1 aliphatic rings. The van der Waals surface area contributed by atoms with E-state index in [-0.39, 0.29) is 27.4 Å². The molecule has 0 amide bonds. The number of phenolic OH excluding ortho intramolecular Hbond substituents is 1. The quantitative estimate of drug-likeness (QED) is 0.187. The Morgan fingerprint density at radius 3 is 1.60 bits per heavy atom. The number of rotatable bonds is 5. The van der Waals surface area contributed by atoms with Gasteiger partial charge in [-0.3, -0.25) is 4.57 Å². The monoisotopic (exact) mass is 1040 g/mol. The summed E-state index contributed by atoms with van der Waals surface area (Å²) in [4.78, 5) is 7.02. The molecule has 3 aromatic heterocycles. The minimum atomic E-state index is -0.349. The van der Waals surface area contributed by atoms with Gasteiger partial charge in [-0.05, 0) is 121 Å². The third-order valence-corrected chi connectivity index (χ3v) is 17.2. The molecule has 5 nitrogen and oxygen atoms in total. The number of phenols is 1. The lowest BCUT2D eigenvalue weighted by Gasteiger charge is -2.28. The molecule has 0 bridgehead atoms. The minimum Gasteiger partial charge on any atom is -0.507 e. The highest BCUT2D eigenvalue weighted by Crippen LogP contribution is 2.55. The number of benzene rings is 8. The molecule has 0 unspecified atom stereocenters. The van der Waals surface area contributed by atoms with Crippen molar-refractivity contribution in [3.63, 3.8) is 0 Å². The number of hydrogen-bond acceptors (Lipinski definition) is 5. The fourth-order valence-corrected chi connectivity index (χ4v) is 13.0. The van der Waals surface area contributed by atoms with Crippen LogP contribution in [0.5, 0.6) is 5.75 Å². The number of imidazole rings is 1. The van der Waals surface area contributed by atoms with Crippen LogP contribution >= 0.6 is 11.3 Å². The van der Waals surface area contributed by atoms with Crippen LogP contribution in [0.4, 0.5) is 0 Å². The third kappa shape index (κ3) is 8.57. The Labute approximate surface area is 464 Å². The van der Waals surface area contributed by atoms with Crippen LogP contribution in [0.2, 0.25) is 0 Å². The number of aromatic nitrogens is 4. The summed E-state index contributed by atoms with van der Waals surface area (Å²) in [5, 5.41) is 24.1. The smallest absolute Gasteiger partial charge is 0.149 e. The van der Waals surface area contributed by atoms with E-state index in [0.717, 1.165) is 77.1 Å². The van der Waals surface area contributed by atoms with Crippen LogP contribution in [-0.2, 0) is 21.7 Å². The molecule has 0 spiro atoms. The lowest BCUT2D eigenvalue weighted by molar-refractivity contribution is 0.446.